The largest absolute Gasteiger partial charge is 0.491 e. The fraction of sp³-hybridized carbons (Fsp3) is 0.400. The summed E-state index contributed by atoms with van der Waals surface area (Å²) in [6, 6.07) is 13.8. The molecular weight excluding hydrogens is 400 g/mol. The fourth-order valence-corrected chi connectivity index (χ4v) is 4.70. The number of likely N-dealkylation sites (tertiary alicyclic amines) is 1. The zero-order valence-electron chi connectivity index (χ0n) is 15.6. The lowest BCUT2D eigenvalue weighted by Gasteiger charge is -2.33. The number of nitrogens with one attached hydrogen (secondary N) is 1. The number of ether oxygens (including phenoxy) is 1. The number of aliphatic hydroxyl groups is 1. The van der Waals surface area contributed by atoms with Crippen molar-refractivity contribution < 1.29 is 18.3 Å². The summed E-state index contributed by atoms with van der Waals surface area (Å²) in [5, 5.41) is 9.31. The standard InChI is InChI=1S/C20H25ClN2O4S/c21-17-5-9-20(10-6-17)28(25,26)22-18-2-1-11-23(15-18)14-16-3-7-19(8-4-16)27-13-12-24/h3-10,18,22,24H,1-2,11-15H2/t18-/m1/s1. The number of benzene rings is 2. The average molecular weight is 425 g/mol. The molecule has 2 aromatic rings. The van der Waals surface area contributed by atoms with Gasteiger partial charge in [0.25, 0.3) is 0 Å². The van der Waals surface area contributed by atoms with Crippen LogP contribution in [0.2, 0.25) is 5.02 Å². The van der Waals surface area contributed by atoms with Crippen LogP contribution in [-0.4, -0.2) is 50.8 Å². The van der Waals surface area contributed by atoms with E-state index in [2.05, 4.69) is 9.62 Å². The first kappa shape index (κ1) is 21.1. The molecule has 0 spiro atoms. The molecular formula is C20H25ClN2O4S. The molecule has 2 N–H and O–H groups in total. The van der Waals surface area contributed by atoms with Gasteiger partial charge in [-0.15, -0.1) is 0 Å². The van der Waals surface area contributed by atoms with Crippen LogP contribution in [0.4, 0.5) is 0 Å². The Balaban J connectivity index is 1.57. The lowest BCUT2D eigenvalue weighted by Crippen LogP contribution is -2.47. The molecule has 8 heteroatoms. The zero-order chi connectivity index (χ0) is 20.0. The monoisotopic (exact) mass is 424 g/mol. The quantitative estimate of drug-likeness (QED) is 0.681. The summed E-state index contributed by atoms with van der Waals surface area (Å²) in [6.07, 6.45) is 1.75. The highest BCUT2D eigenvalue weighted by atomic mass is 35.5. The van der Waals surface area contributed by atoms with Crippen molar-refractivity contribution in [2.24, 2.45) is 0 Å². The summed E-state index contributed by atoms with van der Waals surface area (Å²) in [5.74, 6) is 0.727. The number of hydrogen-bond donors (Lipinski definition) is 2. The molecule has 1 aliphatic heterocycles. The first-order valence-electron chi connectivity index (χ1n) is 9.29. The van der Waals surface area contributed by atoms with Crippen LogP contribution in [0.15, 0.2) is 53.4 Å². The molecule has 0 bridgehead atoms. The Morgan fingerprint density at radius 1 is 1.14 bits per heavy atom. The van der Waals surface area contributed by atoms with Crippen LogP contribution in [0.5, 0.6) is 5.75 Å². The highest BCUT2D eigenvalue weighted by Gasteiger charge is 2.25. The first-order valence-corrected chi connectivity index (χ1v) is 11.2. The van der Waals surface area contributed by atoms with E-state index in [1.54, 1.807) is 12.1 Å². The van der Waals surface area contributed by atoms with Gasteiger partial charge in [0, 0.05) is 24.2 Å². The summed E-state index contributed by atoms with van der Waals surface area (Å²) in [7, 11) is -3.56. The molecule has 0 unspecified atom stereocenters. The maximum absolute atomic E-state index is 12.6. The van der Waals surface area contributed by atoms with Gasteiger partial charge in [0.2, 0.25) is 10.0 Å². The number of halogens is 1. The molecule has 1 heterocycles. The smallest absolute Gasteiger partial charge is 0.240 e. The van der Waals surface area contributed by atoms with Crippen molar-refractivity contribution in [3.8, 4) is 5.75 Å². The molecule has 0 radical (unpaired) electrons. The van der Waals surface area contributed by atoms with Crippen LogP contribution in [0.3, 0.4) is 0 Å². The number of aliphatic hydroxyl groups excluding tert-OH is 1. The zero-order valence-corrected chi connectivity index (χ0v) is 17.1. The summed E-state index contributed by atoms with van der Waals surface area (Å²) in [6.45, 7) is 2.61. The second kappa shape index (κ2) is 9.71. The van der Waals surface area contributed by atoms with Gasteiger partial charge in [-0.3, -0.25) is 4.90 Å². The van der Waals surface area contributed by atoms with E-state index in [-0.39, 0.29) is 24.2 Å². The molecule has 1 aliphatic rings. The van der Waals surface area contributed by atoms with Gasteiger partial charge < -0.3 is 9.84 Å². The van der Waals surface area contributed by atoms with Gasteiger partial charge in [-0.1, -0.05) is 23.7 Å². The Bertz CT molecular complexity index is 857. The molecule has 0 aromatic heterocycles. The van der Waals surface area contributed by atoms with Gasteiger partial charge in [-0.2, -0.15) is 0 Å². The second-order valence-electron chi connectivity index (χ2n) is 6.87. The summed E-state index contributed by atoms with van der Waals surface area (Å²) >= 11 is 5.84. The SMILES string of the molecule is O=S(=O)(N[C@@H]1CCCN(Cc2ccc(OCCO)cc2)C1)c1ccc(Cl)cc1. The molecule has 3 rings (SSSR count). The van der Waals surface area contributed by atoms with Gasteiger partial charge in [0.1, 0.15) is 12.4 Å². The molecule has 28 heavy (non-hydrogen) atoms. The van der Waals surface area contributed by atoms with E-state index in [4.69, 9.17) is 21.4 Å². The topological polar surface area (TPSA) is 78.9 Å². The third-order valence-electron chi connectivity index (χ3n) is 4.64. The second-order valence-corrected chi connectivity index (χ2v) is 9.02. The Labute approximate surface area is 171 Å². The molecule has 152 valence electrons. The van der Waals surface area contributed by atoms with E-state index in [1.165, 1.54) is 12.1 Å². The van der Waals surface area contributed by atoms with Crippen molar-refractivity contribution in [3.63, 3.8) is 0 Å². The van der Waals surface area contributed by atoms with Crippen molar-refractivity contribution in [1.82, 2.24) is 9.62 Å². The Kier molecular flexibility index (Phi) is 7.31. The summed E-state index contributed by atoms with van der Waals surface area (Å²) in [4.78, 5) is 2.48. The van der Waals surface area contributed by atoms with Crippen molar-refractivity contribution in [1.29, 1.82) is 0 Å². The minimum absolute atomic E-state index is 0.0111. The molecule has 1 atom stereocenters. The maximum atomic E-state index is 12.6. The third kappa shape index (κ3) is 5.93. The van der Waals surface area contributed by atoms with Crippen molar-refractivity contribution >= 4 is 21.6 Å². The highest BCUT2D eigenvalue weighted by molar-refractivity contribution is 7.89. The van der Waals surface area contributed by atoms with E-state index in [9.17, 15) is 8.42 Å². The fourth-order valence-electron chi connectivity index (χ4n) is 3.31. The third-order valence-corrected chi connectivity index (χ3v) is 6.43. The average Bonchev–Trinajstić information content (AvgIpc) is 2.68. The maximum Gasteiger partial charge on any atom is 0.240 e. The molecule has 2 aromatic carbocycles. The molecule has 0 aliphatic carbocycles. The number of sulfonamides is 1. The predicted molar refractivity (Wildman–Crippen MR) is 109 cm³/mol. The predicted octanol–water partition coefficient (Wildman–Crippen LogP) is 2.65. The summed E-state index contributed by atoms with van der Waals surface area (Å²) in [5.41, 5.74) is 1.14. The minimum Gasteiger partial charge on any atom is -0.491 e. The normalized spacial score (nSPS) is 18.1. The van der Waals surface area contributed by atoms with Crippen LogP contribution in [0.1, 0.15) is 18.4 Å². The van der Waals surface area contributed by atoms with Crippen LogP contribution < -0.4 is 9.46 Å². The van der Waals surface area contributed by atoms with Gasteiger partial charge in [0.05, 0.1) is 11.5 Å². The lowest BCUT2D eigenvalue weighted by molar-refractivity contribution is 0.194. The van der Waals surface area contributed by atoms with Crippen LogP contribution in [0, 0.1) is 0 Å². The van der Waals surface area contributed by atoms with Gasteiger partial charge in [-0.05, 0) is 61.3 Å². The summed E-state index contributed by atoms with van der Waals surface area (Å²) < 4.78 is 33.4. The number of rotatable bonds is 8. The number of piperidine rings is 1. The lowest BCUT2D eigenvalue weighted by atomic mass is 10.1. The van der Waals surface area contributed by atoms with Crippen molar-refractivity contribution in [2.45, 2.75) is 30.3 Å². The van der Waals surface area contributed by atoms with E-state index in [0.717, 1.165) is 37.2 Å². The Morgan fingerprint density at radius 2 is 1.86 bits per heavy atom. The molecule has 1 fully saturated rings. The highest BCUT2D eigenvalue weighted by Crippen LogP contribution is 2.19. The van der Waals surface area contributed by atoms with E-state index in [0.29, 0.717) is 11.6 Å². The van der Waals surface area contributed by atoms with Crippen molar-refractivity contribution in [2.75, 3.05) is 26.3 Å². The minimum atomic E-state index is -3.56. The van der Waals surface area contributed by atoms with Gasteiger partial charge in [-0.25, -0.2) is 13.1 Å². The molecule has 0 amide bonds. The first-order chi connectivity index (χ1) is 13.5. The Morgan fingerprint density at radius 3 is 2.54 bits per heavy atom. The number of nitrogens with zero attached hydrogens (tertiary/aromatic N) is 1. The van der Waals surface area contributed by atoms with Crippen molar-refractivity contribution in [3.05, 3.63) is 59.1 Å². The van der Waals surface area contributed by atoms with Crippen LogP contribution in [-0.2, 0) is 16.6 Å². The number of hydrogen-bond acceptors (Lipinski definition) is 5. The molecule has 6 nitrogen and oxygen atoms in total. The Hall–Kier alpha value is -1.64. The molecule has 1 saturated heterocycles. The van der Waals surface area contributed by atoms with E-state index < -0.39 is 10.0 Å². The van der Waals surface area contributed by atoms with E-state index in [1.807, 2.05) is 24.3 Å². The van der Waals surface area contributed by atoms with Gasteiger partial charge >= 0.3 is 0 Å². The van der Waals surface area contributed by atoms with Gasteiger partial charge in [0.15, 0.2) is 0 Å². The molecule has 0 saturated carbocycles. The van der Waals surface area contributed by atoms with Crippen LogP contribution in [0.25, 0.3) is 0 Å². The van der Waals surface area contributed by atoms with E-state index >= 15 is 0 Å². The van der Waals surface area contributed by atoms with Crippen LogP contribution >= 0.6 is 11.6 Å².